The molecule has 0 saturated carbocycles. The largest absolute Gasteiger partial charge is 0.472 e. The van der Waals surface area contributed by atoms with Crippen LogP contribution in [0.1, 0.15) is 5.56 Å². The van der Waals surface area contributed by atoms with E-state index in [2.05, 4.69) is 0 Å². The standard InChI is InChI=1S/C13H14ClNOS/c14-11-2-1-3-13(7-11)17-9-12(15)6-10-4-5-16-8-10/h1-5,7-8,12H,6,9,15H2. The average molecular weight is 268 g/mol. The second-order valence-corrected chi connectivity index (χ2v) is 5.39. The molecule has 4 heteroatoms. The fourth-order valence-corrected chi connectivity index (χ4v) is 2.69. The van der Waals surface area contributed by atoms with Crippen LogP contribution in [0.2, 0.25) is 5.02 Å². The molecule has 1 aromatic heterocycles. The maximum Gasteiger partial charge on any atom is 0.0935 e. The van der Waals surface area contributed by atoms with Gasteiger partial charge in [0.05, 0.1) is 12.5 Å². The Morgan fingerprint density at radius 3 is 2.94 bits per heavy atom. The number of halogens is 1. The van der Waals surface area contributed by atoms with E-state index in [-0.39, 0.29) is 6.04 Å². The summed E-state index contributed by atoms with van der Waals surface area (Å²) < 4.78 is 5.01. The highest BCUT2D eigenvalue weighted by molar-refractivity contribution is 7.99. The van der Waals surface area contributed by atoms with E-state index in [1.807, 2.05) is 30.3 Å². The van der Waals surface area contributed by atoms with Crippen LogP contribution in [-0.4, -0.2) is 11.8 Å². The van der Waals surface area contributed by atoms with E-state index in [4.69, 9.17) is 21.8 Å². The molecule has 0 aliphatic carbocycles. The van der Waals surface area contributed by atoms with Gasteiger partial charge in [0.25, 0.3) is 0 Å². The van der Waals surface area contributed by atoms with E-state index < -0.39 is 0 Å². The molecule has 0 radical (unpaired) electrons. The predicted molar refractivity (Wildman–Crippen MR) is 72.6 cm³/mol. The number of rotatable bonds is 5. The van der Waals surface area contributed by atoms with Crippen LogP contribution in [0.25, 0.3) is 0 Å². The first-order chi connectivity index (χ1) is 8.24. The lowest BCUT2D eigenvalue weighted by Gasteiger charge is -2.09. The van der Waals surface area contributed by atoms with Crippen molar-refractivity contribution in [3.8, 4) is 0 Å². The molecular weight excluding hydrogens is 254 g/mol. The fraction of sp³-hybridized carbons (Fsp3) is 0.231. The number of benzene rings is 1. The van der Waals surface area contributed by atoms with Crippen LogP contribution in [0.5, 0.6) is 0 Å². The van der Waals surface area contributed by atoms with Crippen molar-refractivity contribution in [3.63, 3.8) is 0 Å². The van der Waals surface area contributed by atoms with Gasteiger partial charge in [-0.3, -0.25) is 0 Å². The number of furan rings is 1. The zero-order valence-electron chi connectivity index (χ0n) is 9.30. The Hall–Kier alpha value is -0.900. The van der Waals surface area contributed by atoms with Crippen LogP contribution in [0, 0.1) is 0 Å². The molecule has 17 heavy (non-hydrogen) atoms. The molecule has 2 rings (SSSR count). The zero-order valence-corrected chi connectivity index (χ0v) is 10.9. The summed E-state index contributed by atoms with van der Waals surface area (Å²) in [5.41, 5.74) is 7.20. The van der Waals surface area contributed by atoms with Crippen molar-refractivity contribution in [2.45, 2.75) is 17.4 Å². The van der Waals surface area contributed by atoms with Crippen molar-refractivity contribution < 1.29 is 4.42 Å². The lowest BCUT2D eigenvalue weighted by molar-refractivity contribution is 0.562. The summed E-state index contributed by atoms with van der Waals surface area (Å²) in [5.74, 6) is 0.867. The van der Waals surface area contributed by atoms with E-state index in [0.717, 1.165) is 27.7 Å². The highest BCUT2D eigenvalue weighted by atomic mass is 35.5. The van der Waals surface area contributed by atoms with E-state index in [9.17, 15) is 0 Å². The molecule has 1 aromatic carbocycles. The second kappa shape index (κ2) is 6.15. The van der Waals surface area contributed by atoms with Crippen LogP contribution in [-0.2, 0) is 6.42 Å². The molecular formula is C13H14ClNOS. The third-order valence-electron chi connectivity index (χ3n) is 2.34. The Kier molecular flexibility index (Phi) is 4.54. The Morgan fingerprint density at radius 2 is 2.24 bits per heavy atom. The number of thioether (sulfide) groups is 1. The fourth-order valence-electron chi connectivity index (χ4n) is 1.53. The first-order valence-corrected chi connectivity index (χ1v) is 6.75. The van der Waals surface area contributed by atoms with Gasteiger partial charge in [0.2, 0.25) is 0 Å². The summed E-state index contributed by atoms with van der Waals surface area (Å²) in [6, 6.07) is 9.89. The first-order valence-electron chi connectivity index (χ1n) is 5.39. The molecule has 0 amide bonds. The van der Waals surface area contributed by atoms with Crippen LogP contribution in [0.3, 0.4) is 0 Å². The number of hydrogen-bond acceptors (Lipinski definition) is 3. The second-order valence-electron chi connectivity index (χ2n) is 3.86. The molecule has 0 saturated heterocycles. The molecule has 0 fully saturated rings. The summed E-state index contributed by atoms with van der Waals surface area (Å²) in [6.07, 6.45) is 4.25. The quantitative estimate of drug-likeness (QED) is 0.842. The molecule has 2 aromatic rings. The van der Waals surface area contributed by atoms with Crippen molar-refractivity contribution in [2.75, 3.05) is 5.75 Å². The van der Waals surface area contributed by atoms with Crippen LogP contribution >= 0.6 is 23.4 Å². The van der Waals surface area contributed by atoms with Crippen molar-refractivity contribution in [2.24, 2.45) is 5.73 Å². The van der Waals surface area contributed by atoms with Gasteiger partial charge in [0.1, 0.15) is 0 Å². The van der Waals surface area contributed by atoms with Crippen molar-refractivity contribution in [3.05, 3.63) is 53.4 Å². The minimum absolute atomic E-state index is 0.122. The maximum atomic E-state index is 6.06. The lowest BCUT2D eigenvalue weighted by atomic mass is 10.1. The van der Waals surface area contributed by atoms with Crippen molar-refractivity contribution in [1.29, 1.82) is 0 Å². The number of nitrogens with two attached hydrogens (primary N) is 1. The molecule has 90 valence electrons. The van der Waals surface area contributed by atoms with Crippen molar-refractivity contribution >= 4 is 23.4 Å². The molecule has 1 atom stereocenters. The molecule has 2 N–H and O–H groups in total. The average Bonchev–Trinajstić information content (AvgIpc) is 2.79. The van der Waals surface area contributed by atoms with Crippen LogP contribution < -0.4 is 5.73 Å². The number of hydrogen-bond donors (Lipinski definition) is 1. The van der Waals surface area contributed by atoms with Gasteiger partial charge in [0, 0.05) is 21.7 Å². The lowest BCUT2D eigenvalue weighted by Crippen LogP contribution is -2.25. The van der Waals surface area contributed by atoms with E-state index in [1.165, 1.54) is 0 Å². The predicted octanol–water partition coefficient (Wildman–Crippen LogP) is 3.60. The third-order valence-corrected chi connectivity index (χ3v) is 3.76. The minimum Gasteiger partial charge on any atom is -0.472 e. The summed E-state index contributed by atoms with van der Waals surface area (Å²) in [6.45, 7) is 0. The maximum absolute atomic E-state index is 6.06. The van der Waals surface area contributed by atoms with Crippen molar-refractivity contribution in [1.82, 2.24) is 0 Å². The monoisotopic (exact) mass is 267 g/mol. The van der Waals surface area contributed by atoms with Gasteiger partial charge in [-0.25, -0.2) is 0 Å². The van der Waals surface area contributed by atoms with Gasteiger partial charge in [-0.1, -0.05) is 17.7 Å². The van der Waals surface area contributed by atoms with E-state index in [1.54, 1.807) is 24.3 Å². The zero-order chi connectivity index (χ0) is 12.1. The molecule has 0 spiro atoms. The Bertz CT molecular complexity index is 458. The topological polar surface area (TPSA) is 39.2 Å². The highest BCUT2D eigenvalue weighted by Crippen LogP contribution is 2.22. The Labute approximate surface area is 110 Å². The molecule has 1 heterocycles. The normalized spacial score (nSPS) is 12.6. The summed E-state index contributed by atoms with van der Waals surface area (Å²) in [5, 5.41) is 0.762. The Morgan fingerprint density at radius 1 is 1.35 bits per heavy atom. The molecule has 1 unspecified atom stereocenters. The van der Waals surface area contributed by atoms with Gasteiger partial charge >= 0.3 is 0 Å². The van der Waals surface area contributed by atoms with Gasteiger partial charge in [0.15, 0.2) is 0 Å². The molecule has 2 nitrogen and oxygen atoms in total. The van der Waals surface area contributed by atoms with Gasteiger partial charge in [-0.2, -0.15) is 0 Å². The molecule has 0 bridgehead atoms. The highest BCUT2D eigenvalue weighted by Gasteiger charge is 2.06. The van der Waals surface area contributed by atoms with Crippen LogP contribution in [0.4, 0.5) is 0 Å². The molecule has 0 aliphatic heterocycles. The summed E-state index contributed by atoms with van der Waals surface area (Å²) in [7, 11) is 0. The minimum atomic E-state index is 0.122. The molecule has 0 aliphatic rings. The summed E-state index contributed by atoms with van der Waals surface area (Å²) >= 11 is 7.64. The third kappa shape index (κ3) is 4.11. The van der Waals surface area contributed by atoms with Crippen LogP contribution in [0.15, 0.2) is 52.2 Å². The summed E-state index contributed by atoms with van der Waals surface area (Å²) in [4.78, 5) is 1.15. The first kappa shape index (κ1) is 12.6. The smallest absolute Gasteiger partial charge is 0.0935 e. The van der Waals surface area contributed by atoms with Gasteiger partial charge < -0.3 is 10.2 Å². The SMILES string of the molecule is NC(CSc1cccc(Cl)c1)Cc1ccoc1. The van der Waals surface area contributed by atoms with E-state index in [0.29, 0.717) is 0 Å². The Balaban J connectivity index is 1.82. The van der Waals surface area contributed by atoms with Gasteiger partial charge in [-0.05, 0) is 36.2 Å². The van der Waals surface area contributed by atoms with Gasteiger partial charge in [-0.15, -0.1) is 11.8 Å². The van der Waals surface area contributed by atoms with E-state index >= 15 is 0 Å².